The summed E-state index contributed by atoms with van der Waals surface area (Å²) >= 11 is 1.74. The predicted octanol–water partition coefficient (Wildman–Crippen LogP) is 2.08. The minimum Gasteiger partial charge on any atom is -0.465 e. The number of carbonyl (C=O) groups excluding carboxylic acids is 3. The van der Waals surface area contributed by atoms with Gasteiger partial charge in [0.2, 0.25) is 0 Å². The van der Waals surface area contributed by atoms with E-state index in [2.05, 4.69) is 5.32 Å². The lowest BCUT2D eigenvalue weighted by atomic mass is 10.0. The van der Waals surface area contributed by atoms with Crippen molar-refractivity contribution in [2.75, 3.05) is 38.5 Å². The highest BCUT2D eigenvalue weighted by Crippen LogP contribution is 2.44. The number of carbonyl (C=O) groups is 3. The van der Waals surface area contributed by atoms with Gasteiger partial charge in [0.25, 0.3) is 5.91 Å². The van der Waals surface area contributed by atoms with Gasteiger partial charge in [-0.25, -0.2) is 9.18 Å². The van der Waals surface area contributed by atoms with Crippen LogP contribution in [-0.2, 0) is 9.53 Å². The fourth-order valence-electron chi connectivity index (χ4n) is 3.59. The van der Waals surface area contributed by atoms with Crippen LogP contribution in [0, 0.1) is 5.82 Å². The van der Waals surface area contributed by atoms with E-state index in [1.165, 1.54) is 24.3 Å². The van der Waals surface area contributed by atoms with Gasteiger partial charge in [-0.1, -0.05) is 0 Å². The van der Waals surface area contributed by atoms with Crippen molar-refractivity contribution in [1.29, 1.82) is 0 Å². The molecule has 2 aliphatic rings. The van der Waals surface area contributed by atoms with E-state index < -0.39 is 5.97 Å². The molecule has 1 spiro atoms. The molecule has 2 heterocycles. The van der Waals surface area contributed by atoms with E-state index >= 15 is 0 Å². The van der Waals surface area contributed by atoms with E-state index in [1.807, 2.05) is 4.90 Å². The summed E-state index contributed by atoms with van der Waals surface area (Å²) in [5.41, 5.74) is 0.470. The number of nitrogens with one attached hydrogen (secondary N) is 1. The van der Waals surface area contributed by atoms with Gasteiger partial charge in [-0.2, -0.15) is 0 Å². The lowest BCUT2D eigenvalue weighted by molar-refractivity contribution is -0.141. The minimum absolute atomic E-state index is 0.106. The van der Waals surface area contributed by atoms with Gasteiger partial charge in [0.15, 0.2) is 0 Å². The summed E-state index contributed by atoms with van der Waals surface area (Å²) in [6.45, 7) is 3.45. The Kier molecular flexibility index (Phi) is 6.43. The molecule has 1 N–H and O–H groups in total. The van der Waals surface area contributed by atoms with Crippen molar-refractivity contribution in [3.63, 3.8) is 0 Å². The SMILES string of the molecule is CCOC(=O)CNC(=O)N1CCC2(CC1)SCCN2C(=O)c1ccc(F)cc1. The molecule has 3 rings (SSSR count). The number of piperidine rings is 1. The molecule has 28 heavy (non-hydrogen) atoms. The first-order valence-corrected chi connectivity index (χ1v) is 10.3. The summed E-state index contributed by atoms with van der Waals surface area (Å²) in [4.78, 5) is 39.7. The molecule has 2 fully saturated rings. The van der Waals surface area contributed by atoms with Gasteiger partial charge < -0.3 is 19.9 Å². The van der Waals surface area contributed by atoms with E-state index in [1.54, 1.807) is 23.6 Å². The van der Waals surface area contributed by atoms with E-state index in [4.69, 9.17) is 4.74 Å². The lowest BCUT2D eigenvalue weighted by Gasteiger charge is -2.44. The molecule has 0 atom stereocenters. The third-order valence-corrected chi connectivity index (χ3v) is 6.59. The Morgan fingerprint density at radius 1 is 1.18 bits per heavy atom. The highest BCUT2D eigenvalue weighted by molar-refractivity contribution is 8.00. The fraction of sp³-hybridized carbons (Fsp3) is 0.526. The van der Waals surface area contributed by atoms with Gasteiger partial charge in [-0.3, -0.25) is 9.59 Å². The fourth-order valence-corrected chi connectivity index (χ4v) is 5.04. The van der Waals surface area contributed by atoms with Crippen molar-refractivity contribution in [2.24, 2.45) is 0 Å². The number of rotatable bonds is 4. The van der Waals surface area contributed by atoms with Crippen LogP contribution in [0.4, 0.5) is 9.18 Å². The number of amides is 3. The molecule has 1 aromatic rings. The zero-order valence-electron chi connectivity index (χ0n) is 15.8. The zero-order valence-corrected chi connectivity index (χ0v) is 16.6. The Morgan fingerprint density at radius 3 is 2.50 bits per heavy atom. The molecule has 0 radical (unpaired) electrons. The Labute approximate surface area is 167 Å². The van der Waals surface area contributed by atoms with Gasteiger partial charge in [0.1, 0.15) is 12.4 Å². The number of hydrogen-bond donors (Lipinski definition) is 1. The minimum atomic E-state index is -0.466. The topological polar surface area (TPSA) is 79.0 Å². The van der Waals surface area contributed by atoms with Gasteiger partial charge >= 0.3 is 12.0 Å². The van der Waals surface area contributed by atoms with E-state index in [9.17, 15) is 18.8 Å². The Bertz CT molecular complexity index is 735. The highest BCUT2D eigenvalue weighted by atomic mass is 32.2. The number of nitrogens with zero attached hydrogens (tertiary/aromatic N) is 2. The van der Waals surface area contributed by atoms with Crippen LogP contribution in [-0.4, -0.2) is 71.1 Å². The number of ether oxygens (including phenoxy) is 1. The summed E-state index contributed by atoms with van der Waals surface area (Å²) in [6, 6.07) is 5.29. The van der Waals surface area contributed by atoms with Crippen molar-refractivity contribution >= 4 is 29.7 Å². The van der Waals surface area contributed by atoms with Crippen LogP contribution in [0.2, 0.25) is 0 Å². The summed E-state index contributed by atoms with van der Waals surface area (Å²) in [6.07, 6.45) is 1.30. The van der Waals surface area contributed by atoms with E-state index in [0.29, 0.717) is 38.0 Å². The molecule has 0 unspecified atom stereocenters. The Balaban J connectivity index is 1.58. The van der Waals surface area contributed by atoms with E-state index in [-0.39, 0.29) is 35.8 Å². The predicted molar refractivity (Wildman–Crippen MR) is 103 cm³/mol. The van der Waals surface area contributed by atoms with Crippen LogP contribution in [0.3, 0.4) is 0 Å². The molecule has 7 nitrogen and oxygen atoms in total. The molecular weight excluding hydrogens is 385 g/mol. The maximum atomic E-state index is 13.1. The van der Waals surface area contributed by atoms with Crippen LogP contribution in [0.25, 0.3) is 0 Å². The van der Waals surface area contributed by atoms with Gasteiger partial charge in [-0.15, -0.1) is 11.8 Å². The number of urea groups is 1. The molecule has 9 heteroatoms. The number of likely N-dealkylation sites (tertiary alicyclic amines) is 1. The van der Waals surface area contributed by atoms with Crippen LogP contribution >= 0.6 is 11.8 Å². The first kappa shape index (κ1) is 20.4. The monoisotopic (exact) mass is 409 g/mol. The number of thioether (sulfide) groups is 1. The highest BCUT2D eigenvalue weighted by Gasteiger charge is 2.47. The second-order valence-electron chi connectivity index (χ2n) is 6.71. The maximum Gasteiger partial charge on any atom is 0.325 e. The second kappa shape index (κ2) is 8.81. The molecule has 1 aromatic carbocycles. The molecule has 3 amide bonds. The lowest BCUT2D eigenvalue weighted by Crippen LogP contribution is -2.55. The van der Waals surface area contributed by atoms with Gasteiger partial charge in [0, 0.05) is 31.0 Å². The molecule has 0 aliphatic carbocycles. The quantitative estimate of drug-likeness (QED) is 0.771. The van der Waals surface area contributed by atoms with Crippen molar-refractivity contribution in [3.05, 3.63) is 35.6 Å². The first-order chi connectivity index (χ1) is 13.4. The largest absolute Gasteiger partial charge is 0.465 e. The van der Waals surface area contributed by atoms with Crippen molar-refractivity contribution in [3.8, 4) is 0 Å². The third kappa shape index (κ3) is 4.40. The average molecular weight is 409 g/mol. The van der Waals surface area contributed by atoms with Crippen molar-refractivity contribution < 1.29 is 23.5 Å². The summed E-state index contributed by atoms with van der Waals surface area (Å²) in [5.74, 6) is -0.108. The Morgan fingerprint density at radius 2 is 1.86 bits per heavy atom. The van der Waals surface area contributed by atoms with Crippen molar-refractivity contribution in [2.45, 2.75) is 24.6 Å². The summed E-state index contributed by atoms with van der Waals surface area (Å²) in [5, 5.41) is 2.57. The number of benzene rings is 1. The van der Waals surface area contributed by atoms with Gasteiger partial charge in [-0.05, 0) is 44.0 Å². The summed E-state index contributed by atoms with van der Waals surface area (Å²) in [7, 11) is 0. The molecule has 152 valence electrons. The van der Waals surface area contributed by atoms with Crippen molar-refractivity contribution in [1.82, 2.24) is 15.1 Å². The van der Waals surface area contributed by atoms with Crippen LogP contribution in [0.15, 0.2) is 24.3 Å². The average Bonchev–Trinajstić information content (AvgIpc) is 3.10. The smallest absolute Gasteiger partial charge is 0.325 e. The number of esters is 1. The molecule has 0 saturated carbocycles. The van der Waals surface area contributed by atoms with Crippen LogP contribution in [0.5, 0.6) is 0 Å². The molecule has 0 bridgehead atoms. The normalized spacial score (nSPS) is 18.2. The first-order valence-electron chi connectivity index (χ1n) is 9.35. The molecule has 2 aliphatic heterocycles. The standard InChI is InChI=1S/C19H24FN3O4S/c1-2-27-16(24)13-21-18(26)22-9-7-19(8-10-22)23(11-12-28-19)17(25)14-3-5-15(20)6-4-14/h3-6H,2,7-13H2,1H3,(H,21,26). The van der Waals surface area contributed by atoms with Crippen LogP contribution < -0.4 is 5.32 Å². The maximum absolute atomic E-state index is 13.1. The Hall–Kier alpha value is -2.29. The van der Waals surface area contributed by atoms with Gasteiger partial charge in [0.05, 0.1) is 11.5 Å². The van der Waals surface area contributed by atoms with E-state index in [0.717, 1.165) is 5.75 Å². The second-order valence-corrected chi connectivity index (χ2v) is 8.17. The number of hydrogen-bond acceptors (Lipinski definition) is 5. The molecule has 0 aromatic heterocycles. The van der Waals surface area contributed by atoms with Crippen LogP contribution in [0.1, 0.15) is 30.1 Å². The zero-order chi connectivity index (χ0) is 20.1. The third-order valence-electron chi connectivity index (χ3n) is 5.04. The number of halogens is 1. The summed E-state index contributed by atoms with van der Waals surface area (Å²) < 4.78 is 18.0. The molecule has 2 saturated heterocycles. The molecular formula is C19H24FN3O4S.